The highest BCUT2D eigenvalue weighted by Gasteiger charge is 2.28. The number of nitrogens with zero attached hydrogens (tertiary/aromatic N) is 2. The lowest BCUT2D eigenvalue weighted by Crippen LogP contribution is -2.41. The summed E-state index contributed by atoms with van der Waals surface area (Å²) < 4.78 is 41.0. The first-order valence-electron chi connectivity index (χ1n) is 7.63. The van der Waals surface area contributed by atoms with Gasteiger partial charge in [0.1, 0.15) is 0 Å². The average molecular weight is 330 g/mol. The highest BCUT2D eigenvalue weighted by molar-refractivity contribution is 5.78. The molecule has 0 saturated heterocycles. The minimum atomic E-state index is -4.38. The summed E-state index contributed by atoms with van der Waals surface area (Å²) >= 11 is 0. The Balaban J connectivity index is 1.85. The summed E-state index contributed by atoms with van der Waals surface area (Å²) in [4.78, 5) is 7.96. The van der Waals surface area contributed by atoms with Gasteiger partial charge in [-0.05, 0) is 24.5 Å². The van der Waals surface area contributed by atoms with Crippen molar-refractivity contribution in [2.75, 3.05) is 6.61 Å². The third-order valence-electron chi connectivity index (χ3n) is 3.57. The molecule has 1 heterocycles. The van der Waals surface area contributed by atoms with Crippen LogP contribution >= 0.6 is 0 Å². The minimum absolute atomic E-state index is 0.0752. The number of rotatable bonds is 5. The maximum Gasteiger partial charge on any atom is 0.422 e. The van der Waals surface area contributed by atoms with E-state index in [2.05, 4.69) is 20.0 Å². The van der Waals surface area contributed by atoms with Crippen molar-refractivity contribution in [3.05, 3.63) is 23.9 Å². The quantitative estimate of drug-likeness (QED) is 0.643. The summed E-state index contributed by atoms with van der Waals surface area (Å²) in [6.45, 7) is -1.10. The second kappa shape index (κ2) is 8.03. The van der Waals surface area contributed by atoms with Gasteiger partial charge in [0.2, 0.25) is 5.88 Å². The Morgan fingerprint density at radius 1 is 1.35 bits per heavy atom. The van der Waals surface area contributed by atoms with Gasteiger partial charge in [-0.1, -0.05) is 19.3 Å². The predicted molar refractivity (Wildman–Crippen MR) is 81.1 cm³/mol. The number of guanidine groups is 1. The van der Waals surface area contributed by atoms with Gasteiger partial charge in [0.05, 0.1) is 6.54 Å². The van der Waals surface area contributed by atoms with Gasteiger partial charge < -0.3 is 15.8 Å². The lowest BCUT2D eigenvalue weighted by molar-refractivity contribution is -0.154. The van der Waals surface area contributed by atoms with E-state index in [1.54, 1.807) is 6.07 Å². The third-order valence-corrected chi connectivity index (χ3v) is 3.57. The molecule has 23 heavy (non-hydrogen) atoms. The van der Waals surface area contributed by atoms with Gasteiger partial charge in [0, 0.05) is 18.3 Å². The molecule has 0 spiro atoms. The number of nitrogens with two attached hydrogens (primary N) is 1. The molecule has 3 N–H and O–H groups in total. The summed E-state index contributed by atoms with van der Waals surface area (Å²) in [7, 11) is 0. The highest BCUT2D eigenvalue weighted by atomic mass is 19.4. The summed E-state index contributed by atoms with van der Waals surface area (Å²) in [5, 5.41) is 3.18. The number of aliphatic imine (C=N–C) groups is 1. The Morgan fingerprint density at radius 2 is 2.09 bits per heavy atom. The van der Waals surface area contributed by atoms with Crippen LogP contribution < -0.4 is 15.8 Å². The molecule has 1 aromatic heterocycles. The largest absolute Gasteiger partial charge is 0.468 e. The van der Waals surface area contributed by atoms with Gasteiger partial charge in [0.25, 0.3) is 0 Å². The molecular formula is C15H21F3N4O. The highest BCUT2D eigenvalue weighted by Crippen LogP contribution is 2.18. The molecule has 8 heteroatoms. The summed E-state index contributed by atoms with van der Waals surface area (Å²) in [6.07, 6.45) is 2.81. The van der Waals surface area contributed by atoms with E-state index in [4.69, 9.17) is 5.73 Å². The van der Waals surface area contributed by atoms with E-state index in [0.717, 1.165) is 12.8 Å². The summed E-state index contributed by atoms with van der Waals surface area (Å²) in [5.41, 5.74) is 6.54. The van der Waals surface area contributed by atoms with Crippen molar-refractivity contribution >= 4 is 5.96 Å². The number of hydrogen-bond donors (Lipinski definition) is 2. The van der Waals surface area contributed by atoms with Crippen LogP contribution in [0.15, 0.2) is 23.3 Å². The first-order valence-corrected chi connectivity index (χ1v) is 7.63. The second-order valence-electron chi connectivity index (χ2n) is 5.59. The van der Waals surface area contributed by atoms with Crippen molar-refractivity contribution in [1.82, 2.24) is 10.3 Å². The van der Waals surface area contributed by atoms with Gasteiger partial charge in [0.15, 0.2) is 12.6 Å². The molecule has 0 aliphatic heterocycles. The first-order chi connectivity index (χ1) is 10.9. The molecule has 0 unspecified atom stereocenters. The van der Waals surface area contributed by atoms with Crippen LogP contribution in [0.5, 0.6) is 5.88 Å². The first kappa shape index (κ1) is 17.4. The minimum Gasteiger partial charge on any atom is -0.468 e. The zero-order valence-corrected chi connectivity index (χ0v) is 12.8. The van der Waals surface area contributed by atoms with Crippen molar-refractivity contribution < 1.29 is 17.9 Å². The summed E-state index contributed by atoms with van der Waals surface area (Å²) in [6, 6.07) is 3.46. The number of pyridine rings is 1. The molecule has 1 aliphatic rings. The van der Waals surface area contributed by atoms with Gasteiger partial charge in [-0.2, -0.15) is 13.2 Å². The molecule has 2 rings (SSSR count). The van der Waals surface area contributed by atoms with Crippen LogP contribution in [0.3, 0.4) is 0 Å². The maximum absolute atomic E-state index is 12.1. The monoisotopic (exact) mass is 330 g/mol. The maximum atomic E-state index is 12.1. The number of hydrogen-bond acceptors (Lipinski definition) is 3. The molecule has 1 saturated carbocycles. The van der Waals surface area contributed by atoms with E-state index >= 15 is 0 Å². The van der Waals surface area contributed by atoms with Crippen molar-refractivity contribution in [3.8, 4) is 5.88 Å². The molecule has 1 aliphatic carbocycles. The lowest BCUT2D eigenvalue weighted by Gasteiger charge is -2.23. The van der Waals surface area contributed by atoms with Crippen molar-refractivity contribution in [1.29, 1.82) is 0 Å². The standard InChI is InChI=1S/C15H21F3N4O/c16-15(17,18)10-23-13-8-11(6-7-20-13)9-21-14(19)22-12-4-2-1-3-5-12/h6-8,12H,1-5,9-10H2,(H3,19,21,22). The molecule has 1 fully saturated rings. The van der Waals surface area contributed by atoms with E-state index < -0.39 is 12.8 Å². The van der Waals surface area contributed by atoms with Crippen molar-refractivity contribution in [3.63, 3.8) is 0 Å². The Morgan fingerprint density at radius 3 is 2.78 bits per heavy atom. The van der Waals surface area contributed by atoms with Gasteiger partial charge in [-0.3, -0.25) is 0 Å². The molecule has 0 aromatic carbocycles. The van der Waals surface area contributed by atoms with E-state index in [-0.39, 0.29) is 12.4 Å². The average Bonchev–Trinajstić information content (AvgIpc) is 2.52. The molecule has 0 atom stereocenters. The SMILES string of the molecule is NC(=NCc1ccnc(OCC(F)(F)F)c1)NC1CCCCC1. The summed E-state index contributed by atoms with van der Waals surface area (Å²) in [5.74, 6) is 0.278. The number of nitrogens with one attached hydrogen (secondary N) is 1. The third kappa shape index (κ3) is 6.75. The Kier molecular flexibility index (Phi) is 6.06. The van der Waals surface area contributed by atoms with Gasteiger partial charge >= 0.3 is 6.18 Å². The molecule has 0 radical (unpaired) electrons. The number of aromatic nitrogens is 1. The van der Waals surface area contributed by atoms with Crippen LogP contribution in [0.1, 0.15) is 37.7 Å². The van der Waals surface area contributed by atoms with Gasteiger partial charge in [-0.25, -0.2) is 9.98 Å². The van der Waals surface area contributed by atoms with E-state index in [0.29, 0.717) is 17.6 Å². The molecule has 1 aromatic rings. The topological polar surface area (TPSA) is 72.5 Å². The van der Waals surface area contributed by atoms with Crippen LogP contribution in [0.4, 0.5) is 13.2 Å². The fraction of sp³-hybridized carbons (Fsp3) is 0.600. The zero-order valence-electron chi connectivity index (χ0n) is 12.8. The smallest absolute Gasteiger partial charge is 0.422 e. The lowest BCUT2D eigenvalue weighted by atomic mass is 9.96. The number of alkyl halides is 3. The molecule has 128 valence electrons. The van der Waals surface area contributed by atoms with Crippen LogP contribution in [-0.2, 0) is 6.54 Å². The fourth-order valence-electron chi connectivity index (χ4n) is 2.46. The van der Waals surface area contributed by atoms with Crippen LogP contribution in [-0.4, -0.2) is 29.8 Å². The number of ether oxygens (including phenoxy) is 1. The van der Waals surface area contributed by atoms with Crippen LogP contribution in [0.25, 0.3) is 0 Å². The normalized spacial score (nSPS) is 17.1. The van der Waals surface area contributed by atoms with Crippen molar-refractivity contribution in [2.45, 2.75) is 50.9 Å². The Labute approximate surface area is 133 Å². The number of halogens is 3. The molecule has 0 bridgehead atoms. The molecular weight excluding hydrogens is 309 g/mol. The second-order valence-corrected chi connectivity index (χ2v) is 5.59. The molecule has 0 amide bonds. The zero-order chi connectivity index (χ0) is 16.7. The Hall–Kier alpha value is -1.99. The van der Waals surface area contributed by atoms with E-state index in [1.807, 2.05) is 0 Å². The predicted octanol–water partition coefficient (Wildman–Crippen LogP) is 2.76. The van der Waals surface area contributed by atoms with Gasteiger partial charge in [-0.15, -0.1) is 0 Å². The van der Waals surface area contributed by atoms with Crippen LogP contribution in [0.2, 0.25) is 0 Å². The van der Waals surface area contributed by atoms with Crippen molar-refractivity contribution in [2.24, 2.45) is 10.7 Å². The van der Waals surface area contributed by atoms with E-state index in [9.17, 15) is 13.2 Å². The van der Waals surface area contributed by atoms with Crippen LogP contribution in [0, 0.1) is 0 Å². The molecule has 5 nitrogen and oxygen atoms in total. The Bertz CT molecular complexity index is 528. The van der Waals surface area contributed by atoms with E-state index in [1.165, 1.54) is 31.5 Å². The fourth-order valence-corrected chi connectivity index (χ4v) is 2.46.